The summed E-state index contributed by atoms with van der Waals surface area (Å²) in [5.74, 6) is -0.326. The molecule has 2 heterocycles. The van der Waals surface area contributed by atoms with Crippen LogP contribution in [0.2, 0.25) is 0 Å². The lowest BCUT2D eigenvalue weighted by atomic mass is 9.97. The Morgan fingerprint density at radius 1 is 1.21 bits per heavy atom. The van der Waals surface area contributed by atoms with Gasteiger partial charge in [0.05, 0.1) is 5.56 Å². The minimum absolute atomic E-state index is 0.111. The fourth-order valence-corrected chi connectivity index (χ4v) is 4.47. The Hall–Kier alpha value is -3.74. The maximum absolute atomic E-state index is 13.3. The molecule has 0 radical (unpaired) electrons. The van der Waals surface area contributed by atoms with Gasteiger partial charge in [0, 0.05) is 59.3 Å². The zero-order chi connectivity index (χ0) is 23.4. The van der Waals surface area contributed by atoms with Gasteiger partial charge in [0.2, 0.25) is 0 Å². The van der Waals surface area contributed by atoms with Crippen molar-refractivity contribution in [2.75, 3.05) is 5.32 Å². The number of aryl methyl sites for hydroxylation is 2. The van der Waals surface area contributed by atoms with Gasteiger partial charge in [-0.2, -0.15) is 0 Å². The van der Waals surface area contributed by atoms with Gasteiger partial charge in [0.25, 0.3) is 11.5 Å². The molecule has 4 rings (SSSR count). The second-order valence-electron chi connectivity index (χ2n) is 8.62. The molecule has 0 saturated heterocycles. The van der Waals surface area contributed by atoms with Crippen molar-refractivity contribution >= 4 is 17.8 Å². The molecule has 1 aromatic carbocycles. The Bertz CT molecular complexity index is 1230. The second-order valence-corrected chi connectivity index (χ2v) is 8.62. The average Bonchev–Trinajstić information content (AvgIpc) is 3.31. The number of H-pyrrole nitrogens is 1. The van der Waals surface area contributed by atoms with Gasteiger partial charge in [-0.25, -0.2) is 0 Å². The summed E-state index contributed by atoms with van der Waals surface area (Å²) >= 11 is 0. The maximum Gasteiger partial charge on any atom is 0.253 e. The monoisotopic (exact) mass is 443 g/mol. The van der Waals surface area contributed by atoms with Gasteiger partial charge in [0.15, 0.2) is 0 Å². The van der Waals surface area contributed by atoms with E-state index in [0.29, 0.717) is 22.7 Å². The zero-order valence-electron chi connectivity index (χ0n) is 19.0. The molecular weight excluding hydrogens is 414 g/mol. The number of hydrogen-bond acceptors (Lipinski definition) is 5. The summed E-state index contributed by atoms with van der Waals surface area (Å²) in [5.41, 5.74) is 5.39. The maximum atomic E-state index is 13.3. The number of amides is 1. The van der Waals surface area contributed by atoms with E-state index in [9.17, 15) is 9.59 Å². The van der Waals surface area contributed by atoms with E-state index in [-0.39, 0.29) is 18.0 Å². The number of hydrogen-bond donors (Lipinski definition) is 4. The fourth-order valence-electron chi connectivity index (χ4n) is 4.47. The van der Waals surface area contributed by atoms with Crippen LogP contribution in [0.4, 0.5) is 5.69 Å². The van der Waals surface area contributed by atoms with Gasteiger partial charge in [-0.15, -0.1) is 0 Å². The molecule has 4 N–H and O–H groups in total. The van der Waals surface area contributed by atoms with Crippen LogP contribution in [0.5, 0.6) is 0 Å². The number of aromatic amines is 1. The van der Waals surface area contributed by atoms with Crippen LogP contribution >= 0.6 is 0 Å². The largest absolute Gasteiger partial charge is 0.382 e. The normalized spacial score (nSPS) is 13.6. The number of rotatable bonds is 7. The molecule has 3 aromatic rings. The van der Waals surface area contributed by atoms with E-state index in [2.05, 4.69) is 20.6 Å². The molecule has 0 unspecified atom stereocenters. The molecule has 2 aromatic heterocycles. The number of pyridine rings is 2. The highest BCUT2D eigenvalue weighted by molar-refractivity contribution is 6.06. The first-order chi connectivity index (χ1) is 16.0. The third-order valence-corrected chi connectivity index (χ3v) is 6.20. The molecule has 0 spiro atoms. The van der Waals surface area contributed by atoms with E-state index in [1.54, 1.807) is 18.5 Å². The molecule has 1 aliphatic rings. The van der Waals surface area contributed by atoms with Crippen LogP contribution in [0.15, 0.2) is 47.5 Å². The van der Waals surface area contributed by atoms with E-state index in [0.717, 1.165) is 40.9 Å². The second kappa shape index (κ2) is 9.81. The van der Waals surface area contributed by atoms with Gasteiger partial charge in [-0.1, -0.05) is 18.9 Å². The van der Waals surface area contributed by atoms with E-state index in [1.807, 2.05) is 38.1 Å². The number of nitrogens with one attached hydrogen (secondary N) is 4. The molecule has 33 heavy (non-hydrogen) atoms. The summed E-state index contributed by atoms with van der Waals surface area (Å²) in [4.78, 5) is 32.6. The van der Waals surface area contributed by atoms with Gasteiger partial charge in [0.1, 0.15) is 0 Å². The molecule has 1 fully saturated rings. The molecule has 0 bridgehead atoms. The van der Waals surface area contributed by atoms with E-state index in [4.69, 9.17) is 5.41 Å². The third-order valence-electron chi connectivity index (χ3n) is 6.20. The predicted molar refractivity (Wildman–Crippen MR) is 131 cm³/mol. The number of benzene rings is 1. The number of nitrogens with zero attached hydrogens (tertiary/aromatic N) is 1. The number of carbonyl (C=O) groups excluding carboxylic acids is 1. The van der Waals surface area contributed by atoms with Crippen molar-refractivity contribution in [1.29, 1.82) is 5.41 Å². The van der Waals surface area contributed by atoms with Gasteiger partial charge < -0.3 is 21.0 Å². The smallest absolute Gasteiger partial charge is 0.253 e. The van der Waals surface area contributed by atoms with Gasteiger partial charge >= 0.3 is 0 Å². The standard InChI is InChI=1S/C26H29N5O2/c1-16-10-17(2)30-26(33)23(16)15-29-25(32)21-11-19(18-6-5-9-28-14-18)12-24(22(21)13-27)31-20-7-3-4-8-20/h5-6,9-14,20,27,31H,3-4,7-8,15H2,1-2H3,(H,29,32)(H,30,33). The molecule has 0 atom stereocenters. The first-order valence-electron chi connectivity index (χ1n) is 11.3. The summed E-state index contributed by atoms with van der Waals surface area (Å²) in [6.07, 6.45) is 9.20. The molecule has 7 nitrogen and oxygen atoms in total. The minimum atomic E-state index is -0.326. The Morgan fingerprint density at radius 2 is 2.00 bits per heavy atom. The fraction of sp³-hybridized carbons (Fsp3) is 0.308. The number of carbonyl (C=O) groups is 1. The van der Waals surface area contributed by atoms with Crippen LogP contribution in [0, 0.1) is 19.3 Å². The SMILES string of the molecule is Cc1cc(C)c(CNC(=O)c2cc(-c3cccnc3)cc(NC3CCCC3)c2C=N)c(=O)[nH]1. The van der Waals surface area contributed by atoms with Crippen molar-refractivity contribution in [2.45, 2.75) is 52.1 Å². The van der Waals surface area contributed by atoms with Crippen LogP contribution in [0.3, 0.4) is 0 Å². The van der Waals surface area contributed by atoms with Crippen molar-refractivity contribution in [3.63, 3.8) is 0 Å². The molecule has 0 aliphatic heterocycles. The summed E-state index contributed by atoms with van der Waals surface area (Å²) in [6.45, 7) is 3.80. The first kappa shape index (κ1) is 22.5. The Morgan fingerprint density at radius 3 is 2.67 bits per heavy atom. The predicted octanol–water partition coefficient (Wildman–Crippen LogP) is 4.34. The Balaban J connectivity index is 1.70. The van der Waals surface area contributed by atoms with Gasteiger partial charge in [-0.05, 0) is 62.1 Å². The average molecular weight is 444 g/mol. The van der Waals surface area contributed by atoms with Crippen molar-refractivity contribution in [3.8, 4) is 11.1 Å². The highest BCUT2D eigenvalue weighted by atomic mass is 16.1. The molecule has 1 saturated carbocycles. The first-order valence-corrected chi connectivity index (χ1v) is 11.3. The molecule has 7 heteroatoms. The van der Waals surface area contributed by atoms with Crippen LogP contribution in [0.1, 0.15) is 58.4 Å². The molecular formula is C26H29N5O2. The quantitative estimate of drug-likeness (QED) is 0.407. The minimum Gasteiger partial charge on any atom is -0.382 e. The van der Waals surface area contributed by atoms with Crippen LogP contribution in [-0.4, -0.2) is 28.1 Å². The van der Waals surface area contributed by atoms with E-state index in [1.165, 1.54) is 19.1 Å². The lowest BCUT2D eigenvalue weighted by molar-refractivity contribution is 0.0950. The molecule has 170 valence electrons. The van der Waals surface area contributed by atoms with Gasteiger partial charge in [-0.3, -0.25) is 14.6 Å². The summed E-state index contributed by atoms with van der Waals surface area (Å²) < 4.78 is 0. The summed E-state index contributed by atoms with van der Waals surface area (Å²) in [7, 11) is 0. The summed E-state index contributed by atoms with van der Waals surface area (Å²) in [5, 5.41) is 14.5. The number of aromatic nitrogens is 2. The highest BCUT2D eigenvalue weighted by Crippen LogP contribution is 2.31. The zero-order valence-corrected chi connectivity index (χ0v) is 19.0. The van der Waals surface area contributed by atoms with E-state index >= 15 is 0 Å². The van der Waals surface area contributed by atoms with Crippen molar-refractivity contribution in [2.24, 2.45) is 0 Å². The Labute approximate surface area is 193 Å². The van der Waals surface area contributed by atoms with Crippen LogP contribution in [-0.2, 0) is 6.54 Å². The van der Waals surface area contributed by atoms with Crippen LogP contribution in [0.25, 0.3) is 11.1 Å². The lowest BCUT2D eigenvalue weighted by Crippen LogP contribution is -2.29. The van der Waals surface area contributed by atoms with Crippen molar-refractivity contribution < 1.29 is 4.79 Å². The molecule has 1 aliphatic carbocycles. The van der Waals surface area contributed by atoms with Crippen molar-refractivity contribution in [1.82, 2.24) is 15.3 Å². The van der Waals surface area contributed by atoms with Crippen LogP contribution < -0.4 is 16.2 Å². The summed E-state index contributed by atoms with van der Waals surface area (Å²) in [6, 6.07) is 9.80. The molecule has 1 amide bonds. The van der Waals surface area contributed by atoms with E-state index < -0.39 is 0 Å². The topological polar surface area (TPSA) is 111 Å². The highest BCUT2D eigenvalue weighted by Gasteiger charge is 2.21. The Kier molecular flexibility index (Phi) is 6.68. The lowest BCUT2D eigenvalue weighted by Gasteiger charge is -2.19. The third kappa shape index (κ3) is 5.03. The van der Waals surface area contributed by atoms with Crippen molar-refractivity contribution in [3.05, 3.63) is 81.0 Å². The number of anilines is 1.